The topological polar surface area (TPSA) is 20.2 Å². The first-order valence-corrected chi connectivity index (χ1v) is 6.32. The van der Waals surface area contributed by atoms with Crippen LogP contribution in [0.4, 0.5) is 17.6 Å². The van der Waals surface area contributed by atoms with Gasteiger partial charge in [-0.15, -0.1) is 0 Å². The van der Waals surface area contributed by atoms with Crippen LogP contribution in [0, 0.1) is 19.7 Å². The van der Waals surface area contributed by atoms with Crippen LogP contribution in [0.25, 0.3) is 0 Å². The molecule has 5 heteroatoms. The minimum absolute atomic E-state index is 0.376. The van der Waals surface area contributed by atoms with Gasteiger partial charge in [0, 0.05) is 5.56 Å². The molecule has 0 amide bonds. The molecule has 0 aliphatic carbocycles. The highest BCUT2D eigenvalue weighted by atomic mass is 19.4. The molecule has 0 radical (unpaired) electrons. The van der Waals surface area contributed by atoms with Gasteiger partial charge < -0.3 is 5.11 Å². The van der Waals surface area contributed by atoms with Crippen molar-refractivity contribution in [1.82, 2.24) is 0 Å². The van der Waals surface area contributed by atoms with Crippen molar-refractivity contribution in [3.8, 4) is 0 Å². The summed E-state index contributed by atoms with van der Waals surface area (Å²) in [5, 5.41) is 10.3. The third-order valence-electron chi connectivity index (χ3n) is 3.35. The van der Waals surface area contributed by atoms with Gasteiger partial charge in [-0.2, -0.15) is 13.2 Å². The highest BCUT2D eigenvalue weighted by Crippen LogP contribution is 2.34. The summed E-state index contributed by atoms with van der Waals surface area (Å²) in [6.45, 7) is 3.50. The van der Waals surface area contributed by atoms with Crippen molar-refractivity contribution in [3.05, 3.63) is 70.0 Å². The molecule has 1 atom stereocenters. The molecule has 0 bridgehead atoms. The number of aliphatic hydroxyl groups is 1. The number of aryl methyl sites for hydroxylation is 2. The highest BCUT2D eigenvalue weighted by molar-refractivity contribution is 5.39. The smallest absolute Gasteiger partial charge is 0.384 e. The average Bonchev–Trinajstić information content (AvgIpc) is 2.40. The zero-order valence-electron chi connectivity index (χ0n) is 11.5. The minimum atomic E-state index is -4.58. The zero-order valence-corrected chi connectivity index (χ0v) is 11.5. The number of hydrogen-bond donors (Lipinski definition) is 1. The van der Waals surface area contributed by atoms with E-state index in [-0.39, 0.29) is 5.56 Å². The summed E-state index contributed by atoms with van der Waals surface area (Å²) in [5.74, 6) is -0.864. The van der Waals surface area contributed by atoms with E-state index in [9.17, 15) is 22.7 Å². The van der Waals surface area contributed by atoms with E-state index in [2.05, 4.69) is 0 Å². The first-order valence-electron chi connectivity index (χ1n) is 6.32. The fraction of sp³-hybridized carbons (Fsp3) is 0.250. The Morgan fingerprint density at radius 1 is 0.952 bits per heavy atom. The first kappa shape index (κ1) is 15.5. The van der Waals surface area contributed by atoms with Crippen LogP contribution in [-0.2, 0) is 6.18 Å². The molecular formula is C16H14F4O. The fourth-order valence-electron chi connectivity index (χ4n) is 2.15. The third kappa shape index (κ3) is 3.24. The van der Waals surface area contributed by atoms with Crippen molar-refractivity contribution in [2.24, 2.45) is 0 Å². The van der Waals surface area contributed by atoms with Crippen LogP contribution in [0.2, 0.25) is 0 Å². The van der Waals surface area contributed by atoms with Gasteiger partial charge in [0.1, 0.15) is 11.9 Å². The van der Waals surface area contributed by atoms with Gasteiger partial charge in [0.15, 0.2) is 0 Å². The quantitative estimate of drug-likeness (QED) is 0.807. The largest absolute Gasteiger partial charge is 0.416 e. The second kappa shape index (κ2) is 5.48. The van der Waals surface area contributed by atoms with Crippen LogP contribution in [0.15, 0.2) is 36.4 Å². The summed E-state index contributed by atoms with van der Waals surface area (Å²) >= 11 is 0. The molecule has 0 saturated carbocycles. The van der Waals surface area contributed by atoms with E-state index in [1.165, 1.54) is 0 Å². The summed E-state index contributed by atoms with van der Waals surface area (Å²) < 4.78 is 51.9. The summed E-state index contributed by atoms with van der Waals surface area (Å²) in [7, 11) is 0. The van der Waals surface area contributed by atoms with E-state index < -0.39 is 23.7 Å². The lowest BCUT2D eigenvalue weighted by molar-refractivity contribution is -0.137. The van der Waals surface area contributed by atoms with Crippen molar-refractivity contribution in [2.45, 2.75) is 26.1 Å². The molecule has 0 aromatic heterocycles. The second-order valence-corrected chi connectivity index (χ2v) is 5.00. The van der Waals surface area contributed by atoms with E-state index in [4.69, 9.17) is 0 Å². The Hall–Kier alpha value is -1.88. The standard InChI is InChI=1S/C16H14F4O/c1-9-3-4-10(2)12(7-9)15(21)13-8-11(16(18,19)20)5-6-14(13)17/h3-8,15,21H,1-2H3. The van der Waals surface area contributed by atoms with E-state index >= 15 is 0 Å². The lowest BCUT2D eigenvalue weighted by Gasteiger charge is -2.17. The van der Waals surface area contributed by atoms with E-state index in [1.807, 2.05) is 6.07 Å². The van der Waals surface area contributed by atoms with Gasteiger partial charge in [0.25, 0.3) is 0 Å². The normalized spacial score (nSPS) is 13.3. The molecule has 21 heavy (non-hydrogen) atoms. The third-order valence-corrected chi connectivity index (χ3v) is 3.35. The number of benzene rings is 2. The maximum Gasteiger partial charge on any atom is 0.416 e. The molecule has 0 aliphatic heterocycles. The molecule has 2 rings (SSSR count). The van der Waals surface area contributed by atoms with Crippen molar-refractivity contribution in [1.29, 1.82) is 0 Å². The Labute approximate surface area is 119 Å². The Morgan fingerprint density at radius 2 is 1.62 bits per heavy atom. The lowest BCUT2D eigenvalue weighted by atomic mass is 9.94. The number of halogens is 4. The predicted molar refractivity (Wildman–Crippen MR) is 71.4 cm³/mol. The molecule has 0 fully saturated rings. The van der Waals surface area contributed by atoms with E-state index in [1.54, 1.807) is 26.0 Å². The van der Waals surface area contributed by atoms with Crippen LogP contribution in [-0.4, -0.2) is 5.11 Å². The maximum absolute atomic E-state index is 13.8. The summed E-state index contributed by atoms with van der Waals surface area (Å²) in [5.41, 5.74) is 0.557. The summed E-state index contributed by atoms with van der Waals surface area (Å²) in [6.07, 6.45) is -6.02. The zero-order chi connectivity index (χ0) is 15.8. The van der Waals surface area contributed by atoms with Gasteiger partial charge in [-0.3, -0.25) is 0 Å². The molecule has 0 saturated heterocycles. The Balaban J connectivity index is 2.52. The first-order chi connectivity index (χ1) is 9.70. The molecule has 0 aliphatic rings. The highest BCUT2D eigenvalue weighted by Gasteiger charge is 2.32. The number of aliphatic hydroxyl groups excluding tert-OH is 1. The Morgan fingerprint density at radius 3 is 2.24 bits per heavy atom. The van der Waals surface area contributed by atoms with Gasteiger partial charge >= 0.3 is 6.18 Å². The monoisotopic (exact) mass is 298 g/mol. The van der Waals surface area contributed by atoms with Crippen molar-refractivity contribution in [3.63, 3.8) is 0 Å². The van der Waals surface area contributed by atoms with Crippen LogP contribution in [0.1, 0.15) is 33.9 Å². The molecular weight excluding hydrogens is 284 g/mol. The van der Waals surface area contributed by atoms with Gasteiger partial charge in [-0.25, -0.2) is 4.39 Å². The molecule has 1 N–H and O–H groups in total. The summed E-state index contributed by atoms with van der Waals surface area (Å²) in [4.78, 5) is 0. The van der Waals surface area contributed by atoms with E-state index in [0.717, 1.165) is 11.6 Å². The fourth-order valence-corrected chi connectivity index (χ4v) is 2.15. The van der Waals surface area contributed by atoms with Crippen molar-refractivity contribution < 1.29 is 22.7 Å². The van der Waals surface area contributed by atoms with E-state index in [0.29, 0.717) is 23.3 Å². The van der Waals surface area contributed by atoms with Gasteiger partial charge in [-0.05, 0) is 43.2 Å². The van der Waals surface area contributed by atoms with Crippen LogP contribution in [0.5, 0.6) is 0 Å². The molecule has 112 valence electrons. The average molecular weight is 298 g/mol. The number of rotatable bonds is 2. The second-order valence-electron chi connectivity index (χ2n) is 5.00. The Bertz CT molecular complexity index is 662. The van der Waals surface area contributed by atoms with Crippen molar-refractivity contribution >= 4 is 0 Å². The van der Waals surface area contributed by atoms with Crippen LogP contribution >= 0.6 is 0 Å². The number of hydrogen-bond acceptors (Lipinski definition) is 1. The van der Waals surface area contributed by atoms with Crippen molar-refractivity contribution in [2.75, 3.05) is 0 Å². The van der Waals surface area contributed by atoms with Crippen LogP contribution < -0.4 is 0 Å². The van der Waals surface area contributed by atoms with Crippen LogP contribution in [0.3, 0.4) is 0 Å². The Kier molecular flexibility index (Phi) is 4.05. The lowest BCUT2D eigenvalue weighted by Crippen LogP contribution is -2.10. The molecule has 2 aromatic carbocycles. The molecule has 1 nitrogen and oxygen atoms in total. The SMILES string of the molecule is Cc1ccc(C)c(C(O)c2cc(C(F)(F)F)ccc2F)c1. The molecule has 1 unspecified atom stereocenters. The molecule has 0 heterocycles. The predicted octanol–water partition coefficient (Wildman–Crippen LogP) is 4.54. The van der Waals surface area contributed by atoms with Gasteiger partial charge in [-0.1, -0.05) is 23.8 Å². The molecule has 0 spiro atoms. The van der Waals surface area contributed by atoms with Gasteiger partial charge in [0.2, 0.25) is 0 Å². The molecule has 2 aromatic rings. The number of alkyl halides is 3. The minimum Gasteiger partial charge on any atom is -0.384 e. The maximum atomic E-state index is 13.8. The summed E-state index contributed by atoms with van der Waals surface area (Å²) in [6, 6.07) is 7.23. The van der Waals surface area contributed by atoms with Gasteiger partial charge in [0.05, 0.1) is 5.56 Å².